The molecule has 0 fully saturated rings. The van der Waals surface area contributed by atoms with Crippen molar-refractivity contribution in [3.05, 3.63) is 58.7 Å². The van der Waals surface area contributed by atoms with Crippen LogP contribution >= 0.6 is 0 Å². The molecule has 0 aromatic heterocycles. The third kappa shape index (κ3) is 2.99. The average Bonchev–Trinajstić information content (AvgIpc) is 2.97. The van der Waals surface area contributed by atoms with Crippen molar-refractivity contribution in [1.29, 1.82) is 0 Å². The molecule has 0 aliphatic heterocycles. The third-order valence-corrected chi connectivity index (χ3v) is 5.79. The number of benzene rings is 2. The molecule has 122 valence electrons. The van der Waals surface area contributed by atoms with Crippen LogP contribution in [0.1, 0.15) is 28.2 Å². The maximum atomic E-state index is 12.2. The number of hydrogen-bond acceptors (Lipinski definition) is 4. The zero-order chi connectivity index (χ0) is 16.6. The second-order valence-electron chi connectivity index (χ2n) is 5.90. The van der Waals surface area contributed by atoms with Gasteiger partial charge >= 0.3 is 0 Å². The molecular weight excluding hydrogens is 312 g/mol. The molecule has 0 N–H and O–H groups in total. The Morgan fingerprint density at radius 1 is 1.00 bits per heavy atom. The Balaban J connectivity index is 2.02. The van der Waals surface area contributed by atoms with Crippen molar-refractivity contribution in [2.45, 2.75) is 30.6 Å². The van der Waals surface area contributed by atoms with Crippen LogP contribution < -0.4 is 4.74 Å². The largest absolute Gasteiger partial charge is 0.497 e. The van der Waals surface area contributed by atoms with E-state index in [1.54, 1.807) is 19.2 Å². The lowest BCUT2D eigenvalue weighted by Crippen LogP contribution is -2.10. The predicted molar refractivity (Wildman–Crippen MR) is 88.5 cm³/mol. The van der Waals surface area contributed by atoms with Crippen LogP contribution in [0, 0.1) is 6.92 Å². The topological polar surface area (TPSA) is 52.6 Å². The van der Waals surface area contributed by atoms with E-state index in [9.17, 15) is 8.42 Å². The molecule has 2 aromatic rings. The monoisotopic (exact) mass is 332 g/mol. The van der Waals surface area contributed by atoms with Crippen LogP contribution in [-0.4, -0.2) is 22.6 Å². The van der Waals surface area contributed by atoms with E-state index in [0.717, 1.165) is 29.7 Å². The summed E-state index contributed by atoms with van der Waals surface area (Å²) < 4.78 is 34.5. The Labute approximate surface area is 137 Å². The first kappa shape index (κ1) is 16.0. The van der Waals surface area contributed by atoms with Gasteiger partial charge in [0.25, 0.3) is 10.1 Å². The van der Waals surface area contributed by atoms with Crippen molar-refractivity contribution in [1.82, 2.24) is 0 Å². The van der Waals surface area contributed by atoms with E-state index >= 15 is 0 Å². The van der Waals surface area contributed by atoms with Gasteiger partial charge in [-0.3, -0.25) is 4.18 Å². The normalized spacial score (nSPS) is 17.1. The molecule has 0 heterocycles. The van der Waals surface area contributed by atoms with Gasteiger partial charge in [-0.1, -0.05) is 23.8 Å². The van der Waals surface area contributed by atoms with E-state index in [0.29, 0.717) is 0 Å². The fourth-order valence-electron chi connectivity index (χ4n) is 3.25. The van der Waals surface area contributed by atoms with Crippen molar-refractivity contribution in [2.75, 3.05) is 14.2 Å². The summed E-state index contributed by atoms with van der Waals surface area (Å²) in [7, 11) is -0.855. The van der Waals surface area contributed by atoms with Gasteiger partial charge in [0, 0.05) is 0 Å². The van der Waals surface area contributed by atoms with Crippen molar-refractivity contribution in [3.63, 3.8) is 0 Å². The minimum Gasteiger partial charge on any atom is -0.497 e. The minimum absolute atomic E-state index is 0.136. The second kappa shape index (κ2) is 5.98. The molecule has 4 nitrogen and oxygen atoms in total. The Hall–Kier alpha value is -1.85. The molecule has 5 heteroatoms. The highest BCUT2D eigenvalue weighted by atomic mass is 32.2. The van der Waals surface area contributed by atoms with E-state index in [4.69, 9.17) is 8.92 Å². The first-order valence-electron chi connectivity index (χ1n) is 7.51. The molecule has 0 radical (unpaired) electrons. The molecule has 1 unspecified atom stereocenters. The van der Waals surface area contributed by atoms with Crippen molar-refractivity contribution >= 4 is 10.1 Å². The van der Waals surface area contributed by atoms with Crippen LogP contribution in [0.5, 0.6) is 5.75 Å². The lowest BCUT2D eigenvalue weighted by Gasteiger charge is -2.15. The van der Waals surface area contributed by atoms with Gasteiger partial charge < -0.3 is 4.74 Å². The molecule has 0 amide bonds. The smallest absolute Gasteiger partial charge is 0.296 e. The summed E-state index contributed by atoms with van der Waals surface area (Å²) in [6, 6.07) is 11.5. The molecular formula is C18H20O4S. The zero-order valence-corrected chi connectivity index (χ0v) is 14.3. The standard InChI is InChI=1S/C18H20O4S/c1-12-4-7-18(23(19,20)22-3)17(8-12)15-9-13-5-6-16(21-2)11-14(13)10-15/h4-8,11,15H,9-10H2,1-3H3. The molecule has 1 aliphatic rings. The minimum atomic E-state index is -3.71. The summed E-state index contributed by atoms with van der Waals surface area (Å²) in [5.74, 6) is 0.968. The predicted octanol–water partition coefficient (Wildman–Crippen LogP) is 3.22. The van der Waals surface area contributed by atoms with Crippen LogP contribution in [0.15, 0.2) is 41.3 Å². The van der Waals surface area contributed by atoms with Gasteiger partial charge in [-0.25, -0.2) is 0 Å². The maximum Gasteiger partial charge on any atom is 0.296 e. The third-order valence-electron chi connectivity index (χ3n) is 4.44. The van der Waals surface area contributed by atoms with Crippen molar-refractivity contribution < 1.29 is 17.3 Å². The quantitative estimate of drug-likeness (QED) is 0.807. The molecule has 2 aromatic carbocycles. The molecule has 3 rings (SSSR count). The summed E-state index contributed by atoms with van der Waals surface area (Å²) in [6.07, 6.45) is 1.64. The Morgan fingerprint density at radius 2 is 1.74 bits per heavy atom. The van der Waals surface area contributed by atoms with Gasteiger partial charge in [0.1, 0.15) is 5.75 Å². The summed E-state index contributed by atoms with van der Waals surface area (Å²) in [4.78, 5) is 0.273. The van der Waals surface area contributed by atoms with Crippen molar-refractivity contribution in [2.24, 2.45) is 0 Å². The summed E-state index contributed by atoms with van der Waals surface area (Å²) in [5.41, 5.74) is 4.35. The molecule has 23 heavy (non-hydrogen) atoms. The highest BCUT2D eigenvalue weighted by Crippen LogP contribution is 2.38. The SMILES string of the molecule is COc1ccc2c(c1)CC(c1cc(C)ccc1S(=O)(=O)OC)C2. The lowest BCUT2D eigenvalue weighted by atomic mass is 9.95. The number of aryl methyl sites for hydroxylation is 1. The van der Waals surface area contributed by atoms with Crippen LogP contribution in [0.25, 0.3) is 0 Å². The number of rotatable bonds is 4. The number of methoxy groups -OCH3 is 1. The van der Waals surface area contributed by atoms with Crippen LogP contribution in [0.3, 0.4) is 0 Å². The Bertz CT molecular complexity index is 840. The highest BCUT2D eigenvalue weighted by molar-refractivity contribution is 7.86. The van der Waals surface area contributed by atoms with Gasteiger partial charge in [-0.15, -0.1) is 0 Å². The van der Waals surface area contributed by atoms with Gasteiger partial charge in [-0.05, 0) is 60.6 Å². The summed E-state index contributed by atoms with van der Waals surface area (Å²) >= 11 is 0. The first-order valence-corrected chi connectivity index (χ1v) is 8.92. The van der Waals surface area contributed by atoms with E-state index in [1.807, 2.05) is 25.1 Å². The summed E-state index contributed by atoms with van der Waals surface area (Å²) in [6.45, 7) is 1.97. The van der Waals surface area contributed by atoms with Crippen LogP contribution in [0.4, 0.5) is 0 Å². The molecule has 0 spiro atoms. The van der Waals surface area contributed by atoms with Gasteiger partial charge in [0.15, 0.2) is 0 Å². The van der Waals surface area contributed by atoms with Crippen molar-refractivity contribution in [3.8, 4) is 5.75 Å². The second-order valence-corrected chi connectivity index (χ2v) is 7.58. The molecule has 1 aliphatic carbocycles. The molecule has 0 saturated heterocycles. The Kier molecular flexibility index (Phi) is 4.17. The Morgan fingerprint density at radius 3 is 2.43 bits per heavy atom. The van der Waals surface area contributed by atoms with E-state index in [-0.39, 0.29) is 10.8 Å². The molecule has 1 atom stereocenters. The number of hydrogen-bond donors (Lipinski definition) is 0. The average molecular weight is 332 g/mol. The van der Waals surface area contributed by atoms with E-state index in [1.165, 1.54) is 18.2 Å². The van der Waals surface area contributed by atoms with Gasteiger partial charge in [0.05, 0.1) is 19.1 Å². The fraction of sp³-hybridized carbons (Fsp3) is 0.333. The highest BCUT2D eigenvalue weighted by Gasteiger charge is 2.29. The summed E-state index contributed by atoms with van der Waals surface area (Å²) in [5, 5.41) is 0. The molecule has 0 saturated carbocycles. The number of ether oxygens (including phenoxy) is 1. The van der Waals surface area contributed by atoms with Crippen LogP contribution in [-0.2, 0) is 27.1 Å². The fourth-order valence-corrected chi connectivity index (χ4v) is 4.17. The van der Waals surface area contributed by atoms with E-state index in [2.05, 4.69) is 6.07 Å². The molecule has 0 bridgehead atoms. The number of fused-ring (bicyclic) bond motifs is 1. The van der Waals surface area contributed by atoms with E-state index < -0.39 is 10.1 Å². The lowest BCUT2D eigenvalue weighted by molar-refractivity contribution is 0.396. The first-order chi connectivity index (χ1) is 10.9. The van der Waals surface area contributed by atoms with Gasteiger partial charge in [0.2, 0.25) is 0 Å². The zero-order valence-electron chi connectivity index (χ0n) is 13.5. The van der Waals surface area contributed by atoms with Gasteiger partial charge in [-0.2, -0.15) is 8.42 Å². The maximum absolute atomic E-state index is 12.2. The van der Waals surface area contributed by atoms with Crippen LogP contribution in [0.2, 0.25) is 0 Å².